The summed E-state index contributed by atoms with van der Waals surface area (Å²) >= 11 is 5.99. The molecule has 0 aliphatic carbocycles. The maximum Gasteiger partial charge on any atom is 0.264 e. The van der Waals surface area contributed by atoms with Crippen LogP contribution in [-0.2, 0) is 30.0 Å². The molecule has 3 rings (SSSR count). The van der Waals surface area contributed by atoms with Gasteiger partial charge in [0.15, 0.2) is 0 Å². The van der Waals surface area contributed by atoms with E-state index in [1.807, 2.05) is 6.92 Å². The van der Waals surface area contributed by atoms with E-state index in [4.69, 9.17) is 16.0 Å². The Morgan fingerprint density at radius 2 is 2.00 bits per heavy atom. The highest BCUT2D eigenvalue weighted by Gasteiger charge is 2.28. The molecule has 150 valence electrons. The summed E-state index contributed by atoms with van der Waals surface area (Å²) in [5.74, 6) is 0.256. The van der Waals surface area contributed by atoms with Crippen LogP contribution in [0.4, 0.5) is 4.39 Å². The van der Waals surface area contributed by atoms with E-state index >= 15 is 0 Å². The maximum absolute atomic E-state index is 13.2. The highest BCUT2D eigenvalue weighted by Crippen LogP contribution is 2.32. The number of benzene rings is 1. The lowest BCUT2D eigenvalue weighted by atomic mass is 10.2. The van der Waals surface area contributed by atoms with Gasteiger partial charge in [-0.2, -0.15) is 0 Å². The standard InChI is InChI=1S/C18H20ClFN4O3S/c1-5-15-22-23-18(27-15)16-10(2)17(11(3)24(16)4)28(25,26)21-9-12-6-7-13(20)8-14(12)19/h6-8,21H,5,9H2,1-4H3. The van der Waals surface area contributed by atoms with Crippen molar-refractivity contribution in [2.45, 2.75) is 38.6 Å². The second kappa shape index (κ2) is 7.65. The van der Waals surface area contributed by atoms with E-state index in [2.05, 4.69) is 14.9 Å². The summed E-state index contributed by atoms with van der Waals surface area (Å²) < 4.78 is 49.0. The van der Waals surface area contributed by atoms with Crippen molar-refractivity contribution in [2.75, 3.05) is 0 Å². The molecule has 28 heavy (non-hydrogen) atoms. The molecule has 1 N–H and O–H groups in total. The van der Waals surface area contributed by atoms with E-state index in [-0.39, 0.29) is 22.4 Å². The van der Waals surface area contributed by atoms with Crippen molar-refractivity contribution in [1.29, 1.82) is 0 Å². The highest BCUT2D eigenvalue weighted by molar-refractivity contribution is 7.89. The van der Waals surface area contributed by atoms with E-state index in [0.29, 0.717) is 34.8 Å². The predicted molar refractivity (Wildman–Crippen MR) is 103 cm³/mol. The third-order valence-corrected chi connectivity index (χ3v) is 6.59. The normalized spacial score (nSPS) is 11.9. The molecule has 0 spiro atoms. The largest absolute Gasteiger partial charge is 0.419 e. The third-order valence-electron chi connectivity index (χ3n) is 4.57. The van der Waals surface area contributed by atoms with Crippen LogP contribution in [0.15, 0.2) is 27.5 Å². The zero-order chi connectivity index (χ0) is 20.6. The molecule has 0 bridgehead atoms. The van der Waals surface area contributed by atoms with Gasteiger partial charge in [-0.05, 0) is 31.5 Å². The van der Waals surface area contributed by atoms with Crippen molar-refractivity contribution in [3.8, 4) is 11.6 Å². The quantitative estimate of drug-likeness (QED) is 0.651. The van der Waals surface area contributed by atoms with Crippen LogP contribution in [0.2, 0.25) is 5.02 Å². The third kappa shape index (κ3) is 3.69. The molecule has 0 unspecified atom stereocenters. The molecule has 3 aromatic rings. The topological polar surface area (TPSA) is 90.0 Å². The van der Waals surface area contributed by atoms with Gasteiger partial charge >= 0.3 is 0 Å². The maximum atomic E-state index is 13.2. The van der Waals surface area contributed by atoms with Gasteiger partial charge in [-0.25, -0.2) is 17.5 Å². The average Bonchev–Trinajstić information content (AvgIpc) is 3.17. The highest BCUT2D eigenvalue weighted by atomic mass is 35.5. The number of aryl methyl sites for hydroxylation is 1. The molecule has 0 fully saturated rings. The average molecular weight is 427 g/mol. The van der Waals surface area contributed by atoms with Gasteiger partial charge in [-0.3, -0.25) is 0 Å². The number of halogens is 2. The summed E-state index contributed by atoms with van der Waals surface area (Å²) in [5, 5.41) is 8.13. The van der Waals surface area contributed by atoms with Crippen molar-refractivity contribution in [1.82, 2.24) is 19.5 Å². The van der Waals surface area contributed by atoms with Gasteiger partial charge in [0.05, 0.1) is 0 Å². The molecular formula is C18H20ClFN4O3S. The van der Waals surface area contributed by atoms with Crippen molar-refractivity contribution in [2.24, 2.45) is 7.05 Å². The number of rotatable bonds is 6. The Morgan fingerprint density at radius 1 is 1.29 bits per heavy atom. The Hall–Kier alpha value is -2.23. The fourth-order valence-corrected chi connectivity index (χ4v) is 4.80. The molecule has 0 saturated heterocycles. The molecule has 1 aromatic carbocycles. The lowest BCUT2D eigenvalue weighted by Gasteiger charge is -2.09. The van der Waals surface area contributed by atoms with Crippen molar-refractivity contribution in [3.63, 3.8) is 0 Å². The van der Waals surface area contributed by atoms with Crippen LogP contribution in [0.25, 0.3) is 11.6 Å². The lowest BCUT2D eigenvalue weighted by Crippen LogP contribution is -2.24. The van der Waals surface area contributed by atoms with Crippen LogP contribution in [0.3, 0.4) is 0 Å². The first-order valence-corrected chi connectivity index (χ1v) is 10.4. The molecule has 0 saturated carbocycles. The van der Waals surface area contributed by atoms with Gasteiger partial charge in [-0.15, -0.1) is 10.2 Å². The van der Waals surface area contributed by atoms with Gasteiger partial charge in [0.1, 0.15) is 16.4 Å². The lowest BCUT2D eigenvalue weighted by molar-refractivity contribution is 0.508. The van der Waals surface area contributed by atoms with E-state index in [9.17, 15) is 12.8 Å². The SMILES string of the molecule is CCc1nnc(-c2c(C)c(S(=O)(=O)NCc3ccc(F)cc3Cl)c(C)n2C)o1. The van der Waals surface area contributed by atoms with Gasteiger partial charge in [-0.1, -0.05) is 24.6 Å². The molecule has 0 aliphatic heterocycles. The number of hydrogen-bond donors (Lipinski definition) is 1. The predicted octanol–water partition coefficient (Wildman–Crippen LogP) is 3.53. The first-order chi connectivity index (χ1) is 13.2. The Labute approximate surface area is 167 Å². The molecule has 7 nitrogen and oxygen atoms in total. The second-order valence-electron chi connectivity index (χ2n) is 6.36. The fourth-order valence-electron chi connectivity index (χ4n) is 3.05. The van der Waals surface area contributed by atoms with E-state index < -0.39 is 15.8 Å². The summed E-state index contributed by atoms with van der Waals surface area (Å²) in [6.07, 6.45) is 0.584. The van der Waals surface area contributed by atoms with Gasteiger partial charge in [0.25, 0.3) is 5.89 Å². The van der Waals surface area contributed by atoms with Crippen LogP contribution in [0.1, 0.15) is 29.6 Å². The first-order valence-electron chi connectivity index (χ1n) is 8.58. The smallest absolute Gasteiger partial charge is 0.264 e. The van der Waals surface area contributed by atoms with Crippen LogP contribution in [-0.4, -0.2) is 23.2 Å². The van der Waals surface area contributed by atoms with Crippen molar-refractivity contribution in [3.05, 3.63) is 51.8 Å². The van der Waals surface area contributed by atoms with Crippen LogP contribution >= 0.6 is 11.6 Å². The molecule has 0 amide bonds. The van der Waals surface area contributed by atoms with Gasteiger partial charge in [0.2, 0.25) is 15.9 Å². The zero-order valence-electron chi connectivity index (χ0n) is 15.9. The van der Waals surface area contributed by atoms with E-state index in [1.165, 1.54) is 12.1 Å². The summed E-state index contributed by atoms with van der Waals surface area (Å²) in [6.45, 7) is 5.22. The molecule has 10 heteroatoms. The molecule has 0 radical (unpaired) electrons. The number of aromatic nitrogens is 3. The Balaban J connectivity index is 1.96. The molecule has 0 aliphatic rings. The molecule has 2 aromatic heterocycles. The summed E-state index contributed by atoms with van der Waals surface area (Å²) in [7, 11) is -2.13. The van der Waals surface area contributed by atoms with Crippen LogP contribution < -0.4 is 4.72 Å². The van der Waals surface area contributed by atoms with Crippen molar-refractivity contribution >= 4 is 21.6 Å². The van der Waals surface area contributed by atoms with Crippen molar-refractivity contribution < 1.29 is 17.2 Å². The molecule has 0 atom stereocenters. The summed E-state index contributed by atoms with van der Waals surface area (Å²) in [6, 6.07) is 3.82. The minimum absolute atomic E-state index is 0.0644. The number of nitrogens with one attached hydrogen (secondary N) is 1. The molecule has 2 heterocycles. The summed E-state index contributed by atoms with van der Waals surface area (Å²) in [4.78, 5) is 0.138. The number of sulfonamides is 1. The number of nitrogens with zero attached hydrogens (tertiary/aromatic N) is 3. The zero-order valence-corrected chi connectivity index (χ0v) is 17.4. The Morgan fingerprint density at radius 3 is 2.61 bits per heavy atom. The summed E-state index contributed by atoms with van der Waals surface area (Å²) in [5.41, 5.74) is 2.05. The van der Waals surface area contributed by atoms with E-state index in [1.54, 1.807) is 25.5 Å². The monoisotopic (exact) mass is 426 g/mol. The fraction of sp³-hybridized carbons (Fsp3) is 0.333. The molecular weight excluding hydrogens is 407 g/mol. The minimum atomic E-state index is -3.87. The number of hydrogen-bond acceptors (Lipinski definition) is 5. The van der Waals surface area contributed by atoms with Gasteiger partial charge in [0, 0.05) is 36.3 Å². The van der Waals surface area contributed by atoms with Gasteiger partial charge < -0.3 is 8.98 Å². The minimum Gasteiger partial charge on any atom is -0.419 e. The Bertz CT molecular complexity index is 1140. The van der Waals surface area contributed by atoms with E-state index in [0.717, 1.165) is 6.07 Å². The Kier molecular flexibility index (Phi) is 5.60. The second-order valence-corrected chi connectivity index (χ2v) is 8.47. The first kappa shape index (κ1) is 20.5. The van der Waals surface area contributed by atoms with Crippen LogP contribution in [0.5, 0.6) is 0 Å². The van der Waals surface area contributed by atoms with Crippen LogP contribution in [0, 0.1) is 19.7 Å².